The van der Waals surface area contributed by atoms with Gasteiger partial charge in [0.1, 0.15) is 0 Å². The Labute approximate surface area is 89.0 Å². The Morgan fingerprint density at radius 2 is 2.47 bits per heavy atom. The first-order valence-corrected chi connectivity index (χ1v) is 4.95. The number of hydrogen-bond donors (Lipinski definition) is 3. The van der Waals surface area contributed by atoms with Crippen molar-refractivity contribution in [2.45, 2.75) is 6.92 Å². The number of carboxylic acid groups (broad SMARTS) is 1. The van der Waals surface area contributed by atoms with Crippen molar-refractivity contribution in [3.63, 3.8) is 0 Å². The molecule has 15 heavy (non-hydrogen) atoms. The van der Waals surface area contributed by atoms with Gasteiger partial charge in [-0.2, -0.15) is 5.10 Å². The number of aromatic carboxylic acids is 1. The van der Waals surface area contributed by atoms with Crippen LogP contribution in [0.15, 0.2) is 12.4 Å². The lowest BCUT2D eigenvalue weighted by Crippen LogP contribution is -1.98. The zero-order valence-corrected chi connectivity index (χ0v) is 8.63. The van der Waals surface area contributed by atoms with E-state index >= 15 is 0 Å². The molecule has 0 spiro atoms. The molecule has 2 rings (SSSR count). The van der Waals surface area contributed by atoms with Crippen molar-refractivity contribution in [3.05, 3.63) is 23.0 Å². The molecule has 0 aliphatic rings. The van der Waals surface area contributed by atoms with Gasteiger partial charge in [-0.05, 0) is 6.92 Å². The molecule has 0 aliphatic heterocycles. The Bertz CT molecular complexity index is 477. The molecule has 0 bridgehead atoms. The fraction of sp³-hybridized carbons (Fsp3) is 0.125. The fourth-order valence-electron chi connectivity index (χ4n) is 1.09. The molecule has 6 nitrogen and oxygen atoms in total. The maximum atomic E-state index is 10.7. The Hall–Kier alpha value is -1.89. The summed E-state index contributed by atoms with van der Waals surface area (Å²) in [5, 5.41) is 18.7. The molecule has 3 N–H and O–H groups in total. The van der Waals surface area contributed by atoms with Gasteiger partial charge >= 0.3 is 5.97 Å². The van der Waals surface area contributed by atoms with E-state index in [1.165, 1.54) is 11.3 Å². The predicted molar refractivity (Wildman–Crippen MR) is 55.7 cm³/mol. The minimum Gasteiger partial charge on any atom is -0.476 e. The van der Waals surface area contributed by atoms with Crippen molar-refractivity contribution in [2.24, 2.45) is 0 Å². The van der Waals surface area contributed by atoms with Gasteiger partial charge in [-0.25, -0.2) is 9.78 Å². The third-order valence-electron chi connectivity index (χ3n) is 1.75. The second-order valence-electron chi connectivity index (χ2n) is 2.84. The quantitative estimate of drug-likeness (QED) is 0.736. The van der Waals surface area contributed by atoms with Gasteiger partial charge in [-0.15, -0.1) is 11.3 Å². The van der Waals surface area contributed by atoms with Gasteiger partial charge < -0.3 is 10.4 Å². The first-order chi connectivity index (χ1) is 7.16. The third kappa shape index (κ3) is 1.96. The minimum atomic E-state index is -1.01. The predicted octanol–water partition coefficient (Wildman–Crippen LogP) is 1.62. The van der Waals surface area contributed by atoms with Crippen LogP contribution < -0.4 is 5.32 Å². The number of aromatic amines is 1. The molecule has 0 radical (unpaired) electrons. The van der Waals surface area contributed by atoms with E-state index in [9.17, 15) is 4.79 Å². The highest BCUT2D eigenvalue weighted by molar-refractivity contribution is 7.15. The highest BCUT2D eigenvalue weighted by Gasteiger charge is 2.13. The molecular formula is C8H8N4O2S. The molecule has 0 aliphatic carbocycles. The lowest BCUT2D eigenvalue weighted by atomic mass is 10.4. The average molecular weight is 224 g/mol. The van der Waals surface area contributed by atoms with Crippen molar-refractivity contribution < 1.29 is 9.90 Å². The van der Waals surface area contributed by atoms with Crippen LogP contribution >= 0.6 is 11.3 Å². The molecule has 0 atom stereocenters. The summed E-state index contributed by atoms with van der Waals surface area (Å²) in [7, 11) is 0. The normalized spacial score (nSPS) is 10.2. The fourth-order valence-corrected chi connectivity index (χ4v) is 1.92. The van der Waals surface area contributed by atoms with Crippen molar-refractivity contribution in [2.75, 3.05) is 5.32 Å². The van der Waals surface area contributed by atoms with Gasteiger partial charge in [0, 0.05) is 11.1 Å². The first-order valence-electron chi connectivity index (χ1n) is 4.13. The number of carboxylic acids is 1. The second kappa shape index (κ2) is 3.70. The van der Waals surface area contributed by atoms with Gasteiger partial charge in [0.2, 0.25) is 0 Å². The number of thiazole rings is 1. The van der Waals surface area contributed by atoms with E-state index in [2.05, 4.69) is 20.5 Å². The summed E-state index contributed by atoms with van der Waals surface area (Å²) in [6, 6.07) is 0. The summed E-state index contributed by atoms with van der Waals surface area (Å²) >= 11 is 1.30. The Morgan fingerprint density at radius 1 is 1.67 bits per heavy atom. The zero-order chi connectivity index (χ0) is 10.8. The number of carbonyl (C=O) groups is 1. The number of aryl methyl sites for hydroxylation is 1. The van der Waals surface area contributed by atoms with Crippen LogP contribution in [0.4, 0.5) is 10.8 Å². The minimum absolute atomic E-state index is 0.0889. The number of rotatable bonds is 3. The van der Waals surface area contributed by atoms with Crippen LogP contribution in [0.2, 0.25) is 0 Å². The van der Waals surface area contributed by atoms with Crippen LogP contribution in [0, 0.1) is 6.92 Å². The molecule has 0 amide bonds. The largest absolute Gasteiger partial charge is 0.476 e. The van der Waals surface area contributed by atoms with E-state index in [1.807, 2.05) is 0 Å². The monoisotopic (exact) mass is 224 g/mol. The number of nitrogens with one attached hydrogen (secondary N) is 2. The SMILES string of the molecule is Cc1sc(Nc2cn[nH]c2)nc1C(=O)O. The second-order valence-corrected chi connectivity index (χ2v) is 4.04. The van der Waals surface area contributed by atoms with Crippen LogP contribution in [0.5, 0.6) is 0 Å². The van der Waals surface area contributed by atoms with E-state index in [0.29, 0.717) is 10.0 Å². The van der Waals surface area contributed by atoms with Crippen LogP contribution in [0.25, 0.3) is 0 Å². The topological polar surface area (TPSA) is 90.9 Å². The summed E-state index contributed by atoms with van der Waals surface area (Å²) in [6.07, 6.45) is 3.26. The Morgan fingerprint density at radius 3 is 3.00 bits per heavy atom. The van der Waals surface area contributed by atoms with Crippen LogP contribution in [0.3, 0.4) is 0 Å². The highest BCUT2D eigenvalue weighted by Crippen LogP contribution is 2.24. The first kappa shape index (κ1) is 9.66. The van der Waals surface area contributed by atoms with Gasteiger partial charge in [0.25, 0.3) is 0 Å². The highest BCUT2D eigenvalue weighted by atomic mass is 32.1. The number of anilines is 2. The summed E-state index contributed by atoms with van der Waals surface area (Å²) < 4.78 is 0. The summed E-state index contributed by atoms with van der Waals surface area (Å²) in [6.45, 7) is 1.72. The zero-order valence-electron chi connectivity index (χ0n) is 7.81. The van der Waals surface area contributed by atoms with Crippen LogP contribution in [-0.4, -0.2) is 26.3 Å². The summed E-state index contributed by atoms with van der Waals surface area (Å²) in [5.74, 6) is -1.01. The molecule has 0 aromatic carbocycles. The molecule has 2 heterocycles. The van der Waals surface area contributed by atoms with Gasteiger partial charge in [0.15, 0.2) is 10.8 Å². The molecule has 0 fully saturated rings. The van der Waals surface area contributed by atoms with Crippen molar-refractivity contribution in [1.29, 1.82) is 0 Å². The molecule has 0 unspecified atom stereocenters. The lowest BCUT2D eigenvalue weighted by Gasteiger charge is -1.94. The van der Waals surface area contributed by atoms with E-state index in [4.69, 9.17) is 5.11 Å². The van der Waals surface area contributed by atoms with Gasteiger partial charge in [0.05, 0.1) is 11.9 Å². The van der Waals surface area contributed by atoms with Crippen molar-refractivity contribution in [1.82, 2.24) is 15.2 Å². The van der Waals surface area contributed by atoms with Crippen molar-refractivity contribution in [3.8, 4) is 0 Å². The Balaban J connectivity index is 2.23. The molecule has 0 saturated heterocycles. The average Bonchev–Trinajstić information content (AvgIpc) is 2.75. The van der Waals surface area contributed by atoms with E-state index in [0.717, 1.165) is 5.69 Å². The standard InChI is InChI=1S/C8H8N4O2S/c1-4-6(7(13)14)12-8(15-4)11-5-2-9-10-3-5/h2-3H,1H3,(H,9,10)(H,11,12)(H,13,14). The number of aromatic nitrogens is 3. The van der Waals surface area contributed by atoms with Gasteiger partial charge in [-0.3, -0.25) is 5.10 Å². The van der Waals surface area contributed by atoms with E-state index < -0.39 is 5.97 Å². The van der Waals surface area contributed by atoms with E-state index in [-0.39, 0.29) is 5.69 Å². The summed E-state index contributed by atoms with van der Waals surface area (Å²) in [4.78, 5) is 15.4. The number of H-pyrrole nitrogens is 1. The van der Waals surface area contributed by atoms with Crippen molar-refractivity contribution >= 4 is 28.1 Å². The molecule has 7 heteroatoms. The molecule has 2 aromatic heterocycles. The smallest absolute Gasteiger partial charge is 0.355 e. The summed E-state index contributed by atoms with van der Waals surface area (Å²) in [5.41, 5.74) is 0.840. The van der Waals surface area contributed by atoms with E-state index in [1.54, 1.807) is 19.3 Å². The Kier molecular flexibility index (Phi) is 2.38. The lowest BCUT2D eigenvalue weighted by molar-refractivity contribution is 0.0690. The molecule has 2 aromatic rings. The van der Waals surface area contributed by atoms with Crippen LogP contribution in [-0.2, 0) is 0 Å². The number of nitrogens with zero attached hydrogens (tertiary/aromatic N) is 2. The maximum Gasteiger partial charge on any atom is 0.355 e. The number of hydrogen-bond acceptors (Lipinski definition) is 5. The molecule has 78 valence electrons. The molecular weight excluding hydrogens is 216 g/mol. The maximum absolute atomic E-state index is 10.7. The third-order valence-corrected chi connectivity index (χ3v) is 2.63. The van der Waals surface area contributed by atoms with Crippen LogP contribution in [0.1, 0.15) is 15.4 Å². The molecule has 0 saturated carbocycles. The van der Waals surface area contributed by atoms with Gasteiger partial charge in [-0.1, -0.05) is 0 Å².